The molecular weight excluding hydrogens is 255 g/mol. The summed E-state index contributed by atoms with van der Waals surface area (Å²) >= 11 is 0. The van der Waals surface area contributed by atoms with Gasteiger partial charge in [-0.05, 0) is 42.7 Å². The topological polar surface area (TPSA) is 40.9 Å². The molecule has 2 aromatic rings. The Balaban J connectivity index is 2.00. The molecule has 1 aromatic heterocycles. The van der Waals surface area contributed by atoms with Gasteiger partial charge in [0.25, 0.3) is 0 Å². The molecule has 0 unspecified atom stereocenters. The highest BCUT2D eigenvalue weighted by molar-refractivity contribution is 5.65. The van der Waals surface area contributed by atoms with E-state index in [9.17, 15) is 4.39 Å². The highest BCUT2D eigenvalue weighted by Gasteiger charge is 2.20. The number of aryl methyl sites for hydroxylation is 1. The summed E-state index contributed by atoms with van der Waals surface area (Å²) in [4.78, 5) is 6.48. The van der Waals surface area contributed by atoms with E-state index in [0.29, 0.717) is 0 Å². The van der Waals surface area contributed by atoms with Gasteiger partial charge in [0.1, 0.15) is 11.5 Å². The van der Waals surface area contributed by atoms with Gasteiger partial charge in [-0.3, -0.25) is 0 Å². The van der Waals surface area contributed by atoms with Gasteiger partial charge in [-0.25, -0.2) is 9.37 Å². The molecule has 0 radical (unpaired) electrons. The van der Waals surface area contributed by atoms with Crippen LogP contribution in [0.3, 0.4) is 0 Å². The van der Waals surface area contributed by atoms with Gasteiger partial charge < -0.3 is 4.90 Å². The molecule has 0 aliphatic carbocycles. The third-order valence-corrected chi connectivity index (χ3v) is 3.40. The maximum atomic E-state index is 14.0. The fraction of sp³-hybridized carbons (Fsp3) is 0.267. The van der Waals surface area contributed by atoms with Crippen molar-refractivity contribution in [3.05, 3.63) is 47.9 Å². The molecule has 0 amide bonds. The lowest BCUT2D eigenvalue weighted by Crippen LogP contribution is -2.25. The van der Waals surface area contributed by atoms with Crippen LogP contribution in [0.4, 0.5) is 21.6 Å². The van der Waals surface area contributed by atoms with Crippen LogP contribution < -0.4 is 4.90 Å². The molecule has 1 aromatic carbocycles. The van der Waals surface area contributed by atoms with Crippen LogP contribution in [0, 0.1) is 5.82 Å². The molecule has 0 spiro atoms. The van der Waals surface area contributed by atoms with E-state index in [0.717, 1.165) is 30.9 Å². The van der Waals surface area contributed by atoms with Crippen molar-refractivity contribution in [1.29, 1.82) is 0 Å². The summed E-state index contributed by atoms with van der Waals surface area (Å²) in [6, 6.07) is 9.01. The predicted octanol–water partition coefficient (Wildman–Crippen LogP) is 4.02. The second-order valence-corrected chi connectivity index (χ2v) is 4.68. The van der Waals surface area contributed by atoms with Crippen molar-refractivity contribution in [2.24, 2.45) is 10.2 Å². The molecule has 0 saturated carbocycles. The molecule has 2 heterocycles. The number of halogens is 1. The minimum absolute atomic E-state index is 0.259. The number of hydrogen-bond donors (Lipinski definition) is 0. The minimum atomic E-state index is -0.365. The zero-order valence-corrected chi connectivity index (χ0v) is 11.3. The number of nitrogens with zero attached hydrogens (tertiary/aromatic N) is 4. The maximum Gasteiger partial charge on any atom is 0.152 e. The van der Waals surface area contributed by atoms with Gasteiger partial charge >= 0.3 is 0 Å². The van der Waals surface area contributed by atoms with Gasteiger partial charge in [-0.2, -0.15) is 10.2 Å². The second kappa shape index (κ2) is 5.36. The lowest BCUT2D eigenvalue weighted by atomic mass is 10.0. The van der Waals surface area contributed by atoms with Gasteiger partial charge in [-0.1, -0.05) is 6.07 Å². The first-order valence-corrected chi connectivity index (χ1v) is 6.60. The Labute approximate surface area is 117 Å². The summed E-state index contributed by atoms with van der Waals surface area (Å²) in [5, 5.41) is 7.36. The molecule has 0 atom stereocenters. The van der Waals surface area contributed by atoms with Crippen molar-refractivity contribution in [3.63, 3.8) is 0 Å². The van der Waals surface area contributed by atoms with E-state index < -0.39 is 0 Å². The smallest absolute Gasteiger partial charge is 0.152 e. The van der Waals surface area contributed by atoms with Crippen LogP contribution >= 0.6 is 0 Å². The average Bonchev–Trinajstić information content (AvgIpc) is 2.49. The third-order valence-electron chi connectivity index (χ3n) is 3.40. The highest BCUT2D eigenvalue weighted by atomic mass is 19.1. The van der Waals surface area contributed by atoms with Crippen molar-refractivity contribution in [2.75, 3.05) is 18.5 Å². The predicted molar refractivity (Wildman–Crippen MR) is 76.4 cm³/mol. The Bertz CT molecular complexity index is 654. The fourth-order valence-corrected chi connectivity index (χ4v) is 2.51. The Kier molecular flexibility index (Phi) is 3.41. The van der Waals surface area contributed by atoms with Crippen LogP contribution in [0.1, 0.15) is 12.0 Å². The lowest BCUT2D eigenvalue weighted by molar-refractivity contribution is 0.627. The summed E-state index contributed by atoms with van der Waals surface area (Å²) in [5.74, 6) is 0.555. The van der Waals surface area contributed by atoms with Gasteiger partial charge in [0.05, 0.1) is 0 Å². The quantitative estimate of drug-likeness (QED) is 0.773. The minimum Gasteiger partial charge on any atom is -0.326 e. The van der Waals surface area contributed by atoms with Crippen LogP contribution in [0.15, 0.2) is 46.8 Å². The van der Waals surface area contributed by atoms with Crippen molar-refractivity contribution in [2.45, 2.75) is 12.8 Å². The molecule has 20 heavy (non-hydrogen) atoms. The molecule has 0 saturated heterocycles. The molecular formula is C15H15FN4. The van der Waals surface area contributed by atoms with Crippen LogP contribution in [-0.4, -0.2) is 18.6 Å². The normalized spacial score (nSPS) is 14.6. The van der Waals surface area contributed by atoms with Crippen LogP contribution in [0.5, 0.6) is 0 Å². The summed E-state index contributed by atoms with van der Waals surface area (Å²) < 4.78 is 14.0. The summed E-state index contributed by atoms with van der Waals surface area (Å²) in [6.07, 6.45) is 3.83. The van der Waals surface area contributed by atoms with Gasteiger partial charge in [0, 0.05) is 25.5 Å². The van der Waals surface area contributed by atoms with E-state index in [1.165, 1.54) is 18.7 Å². The standard InChI is InChI=1S/C15H15FN4/c1-17-19-14-7-6-12(10-13(14)16)20-9-3-5-11-4-2-8-18-15(11)20/h2,4,6-8,10H,3,5,9H2,1H3. The number of fused-ring (bicyclic) bond motifs is 1. The van der Waals surface area contributed by atoms with Crippen molar-refractivity contribution < 1.29 is 4.39 Å². The zero-order valence-electron chi connectivity index (χ0n) is 11.3. The molecule has 5 heteroatoms. The van der Waals surface area contributed by atoms with E-state index in [2.05, 4.69) is 26.2 Å². The molecule has 0 bridgehead atoms. The van der Waals surface area contributed by atoms with Crippen LogP contribution in [0.25, 0.3) is 0 Å². The second-order valence-electron chi connectivity index (χ2n) is 4.68. The number of azo groups is 1. The summed E-state index contributed by atoms with van der Waals surface area (Å²) in [6.45, 7) is 0.845. The molecule has 1 aliphatic rings. The van der Waals surface area contributed by atoms with Gasteiger partial charge in [0.15, 0.2) is 5.82 Å². The van der Waals surface area contributed by atoms with Gasteiger partial charge in [-0.15, -0.1) is 0 Å². The van der Waals surface area contributed by atoms with E-state index in [-0.39, 0.29) is 11.5 Å². The number of pyridine rings is 1. The highest BCUT2D eigenvalue weighted by Crippen LogP contribution is 2.33. The number of benzene rings is 1. The van der Waals surface area contributed by atoms with Crippen molar-refractivity contribution in [3.8, 4) is 0 Å². The molecule has 102 valence electrons. The summed E-state index contributed by atoms with van der Waals surface area (Å²) in [7, 11) is 1.53. The number of hydrogen-bond acceptors (Lipinski definition) is 4. The Hall–Kier alpha value is -2.30. The lowest BCUT2D eigenvalue weighted by Gasteiger charge is -2.30. The van der Waals surface area contributed by atoms with Crippen LogP contribution in [-0.2, 0) is 6.42 Å². The Morgan fingerprint density at radius 2 is 2.20 bits per heavy atom. The first-order chi connectivity index (χ1) is 9.79. The molecule has 0 fully saturated rings. The zero-order chi connectivity index (χ0) is 13.9. The first kappa shape index (κ1) is 12.7. The monoisotopic (exact) mass is 270 g/mol. The first-order valence-electron chi connectivity index (χ1n) is 6.60. The molecule has 1 aliphatic heterocycles. The number of aromatic nitrogens is 1. The summed E-state index contributed by atoms with van der Waals surface area (Å²) in [5.41, 5.74) is 2.27. The molecule has 3 rings (SSSR count). The van der Waals surface area contributed by atoms with Gasteiger partial charge in [0.2, 0.25) is 0 Å². The largest absolute Gasteiger partial charge is 0.326 e. The SMILES string of the molecule is CN=Nc1ccc(N2CCCc3cccnc32)cc1F. The van der Waals surface area contributed by atoms with E-state index >= 15 is 0 Å². The van der Waals surface area contributed by atoms with Crippen LogP contribution in [0.2, 0.25) is 0 Å². The molecule has 0 N–H and O–H groups in total. The van der Waals surface area contributed by atoms with Crippen molar-refractivity contribution >= 4 is 17.2 Å². The number of anilines is 2. The Morgan fingerprint density at radius 1 is 1.30 bits per heavy atom. The Morgan fingerprint density at radius 3 is 3.00 bits per heavy atom. The van der Waals surface area contributed by atoms with E-state index in [1.54, 1.807) is 12.3 Å². The third kappa shape index (κ3) is 2.27. The molecule has 4 nitrogen and oxygen atoms in total. The van der Waals surface area contributed by atoms with E-state index in [1.807, 2.05) is 12.1 Å². The fourth-order valence-electron chi connectivity index (χ4n) is 2.51. The van der Waals surface area contributed by atoms with Crippen molar-refractivity contribution in [1.82, 2.24) is 4.98 Å². The number of rotatable bonds is 2. The maximum absolute atomic E-state index is 14.0. The van der Waals surface area contributed by atoms with E-state index in [4.69, 9.17) is 0 Å². The average molecular weight is 270 g/mol.